The summed E-state index contributed by atoms with van der Waals surface area (Å²) >= 11 is 0. The van der Waals surface area contributed by atoms with Crippen LogP contribution in [-0.2, 0) is 4.79 Å². The summed E-state index contributed by atoms with van der Waals surface area (Å²) < 4.78 is 0. The maximum absolute atomic E-state index is 10.8. The van der Waals surface area contributed by atoms with Gasteiger partial charge in [-0.05, 0) is 11.6 Å². The number of rotatable bonds is 3. The normalized spacial score (nSPS) is 10.5. The summed E-state index contributed by atoms with van der Waals surface area (Å²) in [7, 11) is 0. The van der Waals surface area contributed by atoms with E-state index in [9.17, 15) is 9.59 Å². The molecule has 0 aliphatic heterocycles. The molecule has 0 radical (unpaired) electrons. The molecule has 0 bridgehead atoms. The first kappa shape index (κ1) is 9.25. The Morgan fingerprint density at radius 1 is 1.62 bits per heavy atom. The molecule has 0 atom stereocenters. The van der Waals surface area contributed by atoms with E-state index in [0.29, 0.717) is 5.56 Å². The van der Waals surface area contributed by atoms with E-state index >= 15 is 0 Å². The van der Waals surface area contributed by atoms with Crippen LogP contribution in [0.4, 0.5) is 0 Å². The lowest BCUT2D eigenvalue weighted by Gasteiger charge is -1.89. The quantitative estimate of drug-likeness (QED) is 0.723. The molecule has 4 nitrogen and oxygen atoms in total. The number of pyridine rings is 1. The molecule has 0 spiro atoms. The minimum Gasteiger partial charge on any atom is -0.481 e. The molecule has 0 amide bonds. The molecule has 0 unspecified atom stereocenters. The molecule has 0 aromatic carbocycles. The molecule has 68 valence electrons. The van der Waals surface area contributed by atoms with Gasteiger partial charge in [-0.2, -0.15) is 0 Å². The fourth-order valence-corrected chi connectivity index (χ4v) is 0.861. The number of H-pyrrole nitrogens is 1. The highest BCUT2D eigenvalue weighted by atomic mass is 16.4. The highest BCUT2D eigenvalue weighted by Crippen LogP contribution is 1.97. The molecule has 0 fully saturated rings. The lowest BCUT2D eigenvalue weighted by Crippen LogP contribution is -2.01. The van der Waals surface area contributed by atoms with E-state index in [0.717, 1.165) is 0 Å². The summed E-state index contributed by atoms with van der Waals surface area (Å²) in [5, 5.41) is 8.33. The zero-order valence-corrected chi connectivity index (χ0v) is 6.86. The van der Waals surface area contributed by atoms with Crippen molar-refractivity contribution in [3.05, 3.63) is 40.3 Å². The van der Waals surface area contributed by atoms with Gasteiger partial charge in [0.2, 0.25) is 5.56 Å². The Morgan fingerprint density at radius 2 is 2.38 bits per heavy atom. The van der Waals surface area contributed by atoms with Crippen molar-refractivity contribution in [3.8, 4) is 0 Å². The Morgan fingerprint density at radius 3 is 3.00 bits per heavy atom. The lowest BCUT2D eigenvalue weighted by atomic mass is 10.2. The molecule has 0 aliphatic carbocycles. The van der Waals surface area contributed by atoms with Crippen molar-refractivity contribution in [3.63, 3.8) is 0 Å². The summed E-state index contributed by atoms with van der Waals surface area (Å²) in [5.74, 6) is -0.888. The summed E-state index contributed by atoms with van der Waals surface area (Å²) in [6, 6.07) is 3.10. The first-order valence-corrected chi connectivity index (χ1v) is 3.75. The van der Waals surface area contributed by atoms with E-state index in [1.165, 1.54) is 18.3 Å². The zero-order valence-electron chi connectivity index (χ0n) is 6.86. The molecule has 0 aliphatic rings. The molecule has 13 heavy (non-hydrogen) atoms. The fourth-order valence-electron chi connectivity index (χ4n) is 0.861. The van der Waals surface area contributed by atoms with Gasteiger partial charge in [0, 0.05) is 12.3 Å². The van der Waals surface area contributed by atoms with Crippen molar-refractivity contribution in [1.82, 2.24) is 4.98 Å². The second-order valence-electron chi connectivity index (χ2n) is 2.49. The van der Waals surface area contributed by atoms with E-state index in [2.05, 4.69) is 4.98 Å². The number of nitrogens with one attached hydrogen (secondary N) is 1. The van der Waals surface area contributed by atoms with Gasteiger partial charge in [-0.25, -0.2) is 0 Å². The van der Waals surface area contributed by atoms with E-state index in [1.54, 1.807) is 12.1 Å². The van der Waals surface area contributed by atoms with Gasteiger partial charge in [-0.1, -0.05) is 12.2 Å². The number of aromatic nitrogens is 1. The molecule has 0 saturated heterocycles. The second kappa shape index (κ2) is 4.25. The van der Waals surface area contributed by atoms with Crippen LogP contribution in [0.1, 0.15) is 12.0 Å². The van der Waals surface area contributed by atoms with Gasteiger partial charge in [0.1, 0.15) is 0 Å². The third-order valence-electron chi connectivity index (χ3n) is 1.40. The van der Waals surface area contributed by atoms with Gasteiger partial charge in [0.05, 0.1) is 6.42 Å². The van der Waals surface area contributed by atoms with E-state index < -0.39 is 5.97 Å². The van der Waals surface area contributed by atoms with Crippen LogP contribution < -0.4 is 5.56 Å². The number of aliphatic carboxylic acids is 1. The number of aromatic amines is 1. The molecular weight excluding hydrogens is 170 g/mol. The third kappa shape index (κ3) is 3.37. The van der Waals surface area contributed by atoms with Crippen molar-refractivity contribution < 1.29 is 9.90 Å². The lowest BCUT2D eigenvalue weighted by molar-refractivity contribution is -0.135. The number of hydrogen-bond donors (Lipinski definition) is 2. The molecule has 1 aromatic rings. The van der Waals surface area contributed by atoms with Gasteiger partial charge in [0.15, 0.2) is 0 Å². The van der Waals surface area contributed by atoms with Crippen LogP contribution in [-0.4, -0.2) is 16.1 Å². The van der Waals surface area contributed by atoms with E-state index in [1.807, 2.05) is 0 Å². The summed E-state index contributed by atoms with van der Waals surface area (Å²) in [6.07, 6.45) is 4.58. The number of carbonyl (C=O) groups is 1. The maximum Gasteiger partial charge on any atom is 0.307 e. The molecule has 0 saturated carbocycles. The standard InChI is InChI=1S/C9H9NO3/c11-8-6-7(4-5-10-8)2-1-3-9(12)13/h1-2,4-6H,3H2,(H,10,11)(H,12,13). The Kier molecular flexibility index (Phi) is 3.03. The third-order valence-corrected chi connectivity index (χ3v) is 1.40. The average molecular weight is 179 g/mol. The van der Waals surface area contributed by atoms with Crippen LogP contribution in [0.5, 0.6) is 0 Å². The number of carboxylic acid groups (broad SMARTS) is 1. The van der Waals surface area contributed by atoms with Crippen LogP contribution in [0, 0.1) is 0 Å². The Balaban J connectivity index is 2.69. The van der Waals surface area contributed by atoms with Crippen molar-refractivity contribution in [2.24, 2.45) is 0 Å². The first-order chi connectivity index (χ1) is 6.18. The first-order valence-electron chi connectivity index (χ1n) is 3.75. The van der Waals surface area contributed by atoms with Gasteiger partial charge < -0.3 is 10.1 Å². The SMILES string of the molecule is O=C(O)CC=Cc1cc[nH]c(=O)c1. The Labute approximate surface area is 74.5 Å². The van der Waals surface area contributed by atoms with Crippen LogP contribution in [0.3, 0.4) is 0 Å². The number of carboxylic acids is 1. The van der Waals surface area contributed by atoms with Crippen LogP contribution in [0.2, 0.25) is 0 Å². The van der Waals surface area contributed by atoms with Crippen molar-refractivity contribution in [2.75, 3.05) is 0 Å². The fraction of sp³-hybridized carbons (Fsp3) is 0.111. The molecular formula is C9H9NO3. The average Bonchev–Trinajstić information content (AvgIpc) is 2.03. The van der Waals surface area contributed by atoms with Gasteiger partial charge in [-0.3, -0.25) is 9.59 Å². The van der Waals surface area contributed by atoms with E-state index in [-0.39, 0.29) is 12.0 Å². The maximum atomic E-state index is 10.8. The Hall–Kier alpha value is -1.84. The number of hydrogen-bond acceptors (Lipinski definition) is 2. The Bertz CT molecular complexity index is 378. The molecule has 1 rings (SSSR count). The van der Waals surface area contributed by atoms with Crippen LogP contribution in [0.15, 0.2) is 29.2 Å². The van der Waals surface area contributed by atoms with Gasteiger partial charge >= 0.3 is 5.97 Å². The summed E-state index contributed by atoms with van der Waals surface area (Å²) in [5.41, 5.74) is 0.502. The zero-order chi connectivity index (χ0) is 9.68. The summed E-state index contributed by atoms with van der Waals surface area (Å²) in [4.78, 5) is 23.4. The predicted octanol–water partition coefficient (Wildman–Crippen LogP) is 0.863. The topological polar surface area (TPSA) is 70.2 Å². The predicted molar refractivity (Wildman–Crippen MR) is 48.3 cm³/mol. The van der Waals surface area contributed by atoms with Crippen molar-refractivity contribution in [1.29, 1.82) is 0 Å². The van der Waals surface area contributed by atoms with Gasteiger partial charge in [-0.15, -0.1) is 0 Å². The minimum absolute atomic E-state index is 0.0349. The van der Waals surface area contributed by atoms with Crippen molar-refractivity contribution >= 4 is 12.0 Å². The van der Waals surface area contributed by atoms with Gasteiger partial charge in [0.25, 0.3) is 0 Å². The monoisotopic (exact) mass is 179 g/mol. The highest BCUT2D eigenvalue weighted by Gasteiger charge is 1.90. The summed E-state index contributed by atoms with van der Waals surface area (Å²) in [6.45, 7) is 0. The molecule has 1 heterocycles. The van der Waals surface area contributed by atoms with Crippen molar-refractivity contribution in [2.45, 2.75) is 6.42 Å². The smallest absolute Gasteiger partial charge is 0.307 e. The van der Waals surface area contributed by atoms with E-state index in [4.69, 9.17) is 5.11 Å². The largest absolute Gasteiger partial charge is 0.481 e. The second-order valence-corrected chi connectivity index (χ2v) is 2.49. The molecule has 2 N–H and O–H groups in total. The highest BCUT2D eigenvalue weighted by molar-refractivity contribution is 5.70. The van der Waals surface area contributed by atoms with Crippen LogP contribution >= 0.6 is 0 Å². The molecule has 4 heteroatoms. The van der Waals surface area contributed by atoms with Crippen LogP contribution in [0.25, 0.3) is 6.08 Å². The molecule has 1 aromatic heterocycles. The minimum atomic E-state index is -0.888.